The first-order chi connectivity index (χ1) is 8.60. The van der Waals surface area contributed by atoms with Gasteiger partial charge in [0.2, 0.25) is 11.7 Å². The number of esters is 1. The molecule has 0 unspecified atom stereocenters. The van der Waals surface area contributed by atoms with Crippen LogP contribution in [0.5, 0.6) is 0 Å². The molecule has 0 spiro atoms. The Morgan fingerprint density at radius 3 is 2.67 bits per heavy atom. The van der Waals surface area contributed by atoms with Crippen molar-refractivity contribution in [3.63, 3.8) is 0 Å². The lowest BCUT2D eigenvalue weighted by Gasteiger charge is -2.02. The minimum Gasteiger partial charge on any atom is -0.460 e. The largest absolute Gasteiger partial charge is 0.460 e. The van der Waals surface area contributed by atoms with Crippen molar-refractivity contribution in [1.82, 2.24) is 4.98 Å². The van der Waals surface area contributed by atoms with Crippen molar-refractivity contribution in [2.45, 2.75) is 46.6 Å². The minimum absolute atomic E-state index is 0.105. The van der Waals surface area contributed by atoms with Gasteiger partial charge in [0, 0.05) is 6.61 Å². The van der Waals surface area contributed by atoms with E-state index in [1.54, 1.807) is 6.92 Å². The molecule has 0 aliphatic heterocycles. The highest BCUT2D eigenvalue weighted by molar-refractivity contribution is 5.87. The highest BCUT2D eigenvalue weighted by Gasteiger charge is 2.23. The van der Waals surface area contributed by atoms with Crippen LogP contribution in [0.3, 0.4) is 0 Å². The lowest BCUT2D eigenvalue weighted by molar-refractivity contribution is 0.0476. The molecule has 0 aromatic carbocycles. The van der Waals surface area contributed by atoms with Crippen LogP contribution in [0.25, 0.3) is 0 Å². The van der Waals surface area contributed by atoms with Crippen LogP contribution in [0, 0.1) is 0 Å². The number of nitrogens with zero attached hydrogens (tertiary/aromatic N) is 1. The van der Waals surface area contributed by atoms with Gasteiger partial charge in [0.15, 0.2) is 0 Å². The Kier molecular flexibility index (Phi) is 5.85. The first-order valence-corrected chi connectivity index (χ1v) is 6.34. The van der Waals surface area contributed by atoms with Gasteiger partial charge in [-0.25, -0.2) is 9.78 Å². The third-order valence-corrected chi connectivity index (χ3v) is 2.28. The fraction of sp³-hybridized carbons (Fsp3) is 0.692. The van der Waals surface area contributed by atoms with Crippen molar-refractivity contribution in [2.24, 2.45) is 0 Å². The summed E-state index contributed by atoms with van der Waals surface area (Å²) in [5, 5.41) is 0. The molecule has 1 heterocycles. The molecule has 102 valence electrons. The number of hydrogen-bond acceptors (Lipinski definition) is 5. The van der Waals surface area contributed by atoms with E-state index in [4.69, 9.17) is 13.9 Å². The SMILES string of the molecule is CCCOCc1nc(C(C)C)c(C(=O)OCC)o1. The second-order valence-electron chi connectivity index (χ2n) is 4.25. The normalized spacial score (nSPS) is 10.9. The van der Waals surface area contributed by atoms with Crippen LogP contribution in [0.4, 0.5) is 0 Å². The fourth-order valence-corrected chi connectivity index (χ4v) is 1.48. The van der Waals surface area contributed by atoms with Crippen molar-refractivity contribution in [3.05, 3.63) is 17.3 Å². The van der Waals surface area contributed by atoms with E-state index in [9.17, 15) is 4.79 Å². The van der Waals surface area contributed by atoms with E-state index in [0.29, 0.717) is 24.8 Å². The predicted octanol–water partition coefficient (Wildman–Crippen LogP) is 2.90. The Morgan fingerprint density at radius 2 is 2.11 bits per heavy atom. The lowest BCUT2D eigenvalue weighted by Crippen LogP contribution is -2.07. The lowest BCUT2D eigenvalue weighted by atomic mass is 10.1. The van der Waals surface area contributed by atoms with Crippen molar-refractivity contribution in [1.29, 1.82) is 0 Å². The summed E-state index contributed by atoms with van der Waals surface area (Å²) in [6.45, 7) is 8.95. The Balaban J connectivity index is 2.83. The minimum atomic E-state index is -0.463. The van der Waals surface area contributed by atoms with Gasteiger partial charge in [0.1, 0.15) is 6.61 Å². The van der Waals surface area contributed by atoms with Crippen LogP contribution in [0.15, 0.2) is 4.42 Å². The van der Waals surface area contributed by atoms with Crippen LogP contribution < -0.4 is 0 Å². The summed E-state index contributed by atoms with van der Waals surface area (Å²) in [7, 11) is 0. The fourth-order valence-electron chi connectivity index (χ4n) is 1.48. The van der Waals surface area contributed by atoms with E-state index in [0.717, 1.165) is 6.42 Å². The Labute approximate surface area is 107 Å². The van der Waals surface area contributed by atoms with Crippen molar-refractivity contribution < 1.29 is 18.7 Å². The van der Waals surface area contributed by atoms with Gasteiger partial charge in [-0.15, -0.1) is 0 Å². The zero-order valence-corrected chi connectivity index (χ0v) is 11.5. The van der Waals surface area contributed by atoms with E-state index < -0.39 is 5.97 Å². The average molecular weight is 255 g/mol. The number of aromatic nitrogens is 1. The van der Waals surface area contributed by atoms with Gasteiger partial charge in [-0.05, 0) is 19.3 Å². The van der Waals surface area contributed by atoms with Gasteiger partial charge in [0.25, 0.3) is 0 Å². The Hall–Kier alpha value is -1.36. The van der Waals surface area contributed by atoms with Crippen LogP contribution in [-0.4, -0.2) is 24.2 Å². The average Bonchev–Trinajstić information content (AvgIpc) is 2.74. The molecule has 0 bridgehead atoms. The zero-order valence-electron chi connectivity index (χ0n) is 11.5. The van der Waals surface area contributed by atoms with E-state index in [2.05, 4.69) is 4.98 Å². The molecule has 0 N–H and O–H groups in total. The molecule has 0 saturated carbocycles. The van der Waals surface area contributed by atoms with Gasteiger partial charge in [-0.2, -0.15) is 0 Å². The number of carbonyl (C=O) groups excluding carboxylic acids is 1. The predicted molar refractivity (Wildman–Crippen MR) is 66.5 cm³/mol. The van der Waals surface area contributed by atoms with Crippen LogP contribution in [0.2, 0.25) is 0 Å². The molecule has 0 radical (unpaired) electrons. The van der Waals surface area contributed by atoms with Gasteiger partial charge in [-0.3, -0.25) is 0 Å². The molecule has 1 aromatic rings. The second kappa shape index (κ2) is 7.16. The number of hydrogen-bond donors (Lipinski definition) is 0. The van der Waals surface area contributed by atoms with Crippen LogP contribution in [-0.2, 0) is 16.1 Å². The van der Waals surface area contributed by atoms with Crippen LogP contribution >= 0.6 is 0 Å². The molecule has 0 atom stereocenters. The monoisotopic (exact) mass is 255 g/mol. The maximum atomic E-state index is 11.7. The summed E-state index contributed by atoms with van der Waals surface area (Å²) >= 11 is 0. The number of ether oxygens (including phenoxy) is 2. The van der Waals surface area contributed by atoms with Gasteiger partial charge < -0.3 is 13.9 Å². The van der Waals surface area contributed by atoms with E-state index >= 15 is 0 Å². The Bertz CT molecular complexity index is 384. The maximum Gasteiger partial charge on any atom is 0.376 e. The van der Waals surface area contributed by atoms with E-state index in [1.165, 1.54) is 0 Å². The molecule has 0 amide bonds. The highest BCUT2D eigenvalue weighted by Crippen LogP contribution is 2.21. The van der Waals surface area contributed by atoms with Gasteiger partial charge in [0.05, 0.1) is 12.3 Å². The molecule has 1 rings (SSSR count). The summed E-state index contributed by atoms with van der Waals surface area (Å²) in [5.41, 5.74) is 0.628. The molecule has 1 aromatic heterocycles. The van der Waals surface area contributed by atoms with Crippen molar-refractivity contribution >= 4 is 5.97 Å². The molecule has 18 heavy (non-hydrogen) atoms. The van der Waals surface area contributed by atoms with Crippen molar-refractivity contribution in [2.75, 3.05) is 13.2 Å². The molecule has 5 nitrogen and oxygen atoms in total. The third kappa shape index (κ3) is 3.84. The van der Waals surface area contributed by atoms with E-state index in [-0.39, 0.29) is 18.3 Å². The summed E-state index contributed by atoms with van der Waals surface area (Å²) < 4.78 is 15.7. The maximum absolute atomic E-state index is 11.7. The molecule has 0 aliphatic carbocycles. The van der Waals surface area contributed by atoms with Crippen molar-refractivity contribution in [3.8, 4) is 0 Å². The van der Waals surface area contributed by atoms with Gasteiger partial charge >= 0.3 is 5.97 Å². The third-order valence-electron chi connectivity index (χ3n) is 2.28. The number of carbonyl (C=O) groups is 1. The van der Waals surface area contributed by atoms with Gasteiger partial charge in [-0.1, -0.05) is 20.8 Å². The molecule has 0 aliphatic rings. The molecular formula is C13H21NO4. The zero-order chi connectivity index (χ0) is 13.5. The highest BCUT2D eigenvalue weighted by atomic mass is 16.5. The molecular weight excluding hydrogens is 234 g/mol. The summed E-state index contributed by atoms with van der Waals surface area (Å²) in [6.07, 6.45) is 0.933. The molecule has 5 heteroatoms. The number of oxazole rings is 1. The summed E-state index contributed by atoms with van der Waals surface area (Å²) in [6, 6.07) is 0. The molecule has 0 fully saturated rings. The Morgan fingerprint density at radius 1 is 1.39 bits per heavy atom. The van der Waals surface area contributed by atoms with Crippen LogP contribution in [0.1, 0.15) is 62.2 Å². The standard InChI is InChI=1S/C13H21NO4/c1-5-7-16-8-10-14-11(9(3)4)12(18-10)13(15)17-6-2/h9H,5-8H2,1-4H3. The second-order valence-corrected chi connectivity index (χ2v) is 4.25. The first-order valence-electron chi connectivity index (χ1n) is 6.34. The summed E-state index contributed by atoms with van der Waals surface area (Å²) in [4.78, 5) is 16.0. The smallest absolute Gasteiger partial charge is 0.376 e. The molecule has 0 saturated heterocycles. The number of rotatable bonds is 7. The first kappa shape index (κ1) is 14.7. The topological polar surface area (TPSA) is 61.6 Å². The quantitative estimate of drug-likeness (QED) is 0.553. The van der Waals surface area contributed by atoms with E-state index in [1.807, 2.05) is 20.8 Å². The summed E-state index contributed by atoms with van der Waals surface area (Å²) in [5.74, 6) is 0.265.